The van der Waals surface area contributed by atoms with E-state index in [2.05, 4.69) is 25.8 Å². The number of allylic oxidation sites excluding steroid dienone is 1. The number of aromatic nitrogens is 3. The van der Waals surface area contributed by atoms with Crippen LogP contribution in [0.4, 0.5) is 23.1 Å². The molecule has 0 unspecified atom stereocenters. The first-order valence-electron chi connectivity index (χ1n) is 8.06. The Kier molecular flexibility index (Phi) is 6.10. The molecule has 0 aliphatic rings. The van der Waals surface area contributed by atoms with Crippen LogP contribution in [-0.2, 0) is 0 Å². The summed E-state index contributed by atoms with van der Waals surface area (Å²) in [6.07, 6.45) is 2.87. The summed E-state index contributed by atoms with van der Waals surface area (Å²) < 4.78 is 0. The van der Waals surface area contributed by atoms with E-state index in [0.29, 0.717) is 22.5 Å². The van der Waals surface area contributed by atoms with Crippen LogP contribution in [0.5, 0.6) is 0 Å². The molecule has 29 heavy (non-hydrogen) atoms. The minimum absolute atomic E-state index is 0.00646. The highest BCUT2D eigenvalue weighted by Gasteiger charge is 2.12. The molecule has 0 aliphatic heterocycles. The van der Waals surface area contributed by atoms with Gasteiger partial charge in [0.15, 0.2) is 0 Å². The number of nitriles is 2. The molecule has 3 rings (SSSR count). The summed E-state index contributed by atoms with van der Waals surface area (Å²) in [5, 5.41) is 29.9. The maximum Gasteiger partial charge on any atom is 0.307 e. The lowest BCUT2D eigenvalue weighted by Gasteiger charge is -2.11. The Hall–Kier alpha value is -3.85. The lowest BCUT2D eigenvalue weighted by molar-refractivity contribution is 0.945. The van der Waals surface area contributed by atoms with Crippen LogP contribution in [0.25, 0.3) is 6.08 Å². The Labute approximate surface area is 175 Å². The van der Waals surface area contributed by atoms with Crippen molar-refractivity contribution in [3.8, 4) is 12.1 Å². The number of anilines is 4. The van der Waals surface area contributed by atoms with E-state index in [1.54, 1.807) is 42.5 Å². The van der Waals surface area contributed by atoms with E-state index in [0.717, 1.165) is 0 Å². The summed E-state index contributed by atoms with van der Waals surface area (Å²) in [4.78, 5) is 16.2. The van der Waals surface area contributed by atoms with Crippen molar-refractivity contribution < 1.29 is 0 Å². The first kappa shape index (κ1) is 19.9. The molecule has 0 aliphatic carbocycles. The zero-order chi connectivity index (χ0) is 20.8. The molecule has 142 valence electrons. The highest BCUT2D eigenvalue weighted by molar-refractivity contribution is 6.39. The monoisotopic (exact) mass is 423 g/mol. The van der Waals surface area contributed by atoms with Gasteiger partial charge in [-0.15, -0.1) is 5.10 Å². The van der Waals surface area contributed by atoms with Crippen molar-refractivity contribution in [2.75, 3.05) is 10.6 Å². The van der Waals surface area contributed by atoms with Crippen LogP contribution >= 0.6 is 23.2 Å². The fourth-order valence-corrected chi connectivity index (χ4v) is 2.90. The molecule has 1 aromatic heterocycles. The Morgan fingerprint density at radius 1 is 1.07 bits per heavy atom. The molecule has 0 saturated heterocycles. The highest BCUT2D eigenvalue weighted by atomic mass is 35.5. The Bertz CT molecular complexity index is 1200. The van der Waals surface area contributed by atoms with Gasteiger partial charge in [0.2, 0.25) is 11.8 Å². The van der Waals surface area contributed by atoms with Crippen LogP contribution in [0.3, 0.4) is 0 Å². The number of H-pyrrole nitrogens is 1. The van der Waals surface area contributed by atoms with Gasteiger partial charge in [0.1, 0.15) is 0 Å². The molecule has 0 spiro atoms. The lowest BCUT2D eigenvalue weighted by atomic mass is 10.2. The second-order valence-electron chi connectivity index (χ2n) is 5.60. The molecule has 0 fully saturated rings. The lowest BCUT2D eigenvalue weighted by Crippen LogP contribution is -2.17. The van der Waals surface area contributed by atoms with Crippen LogP contribution in [0, 0.1) is 22.7 Å². The van der Waals surface area contributed by atoms with Crippen LogP contribution < -0.4 is 16.2 Å². The van der Waals surface area contributed by atoms with E-state index < -0.39 is 5.56 Å². The number of hydrogen-bond acceptors (Lipinski definition) is 7. The number of hydrogen-bond donors (Lipinski definition) is 3. The minimum Gasteiger partial charge on any atom is -0.335 e. The van der Waals surface area contributed by atoms with Gasteiger partial charge in [0.25, 0.3) is 0 Å². The molecule has 1 heterocycles. The number of nitrogens with one attached hydrogen (secondary N) is 3. The second kappa shape index (κ2) is 8.89. The summed E-state index contributed by atoms with van der Waals surface area (Å²) in [6.45, 7) is 0. The summed E-state index contributed by atoms with van der Waals surface area (Å²) in [5.41, 5.74) is 1.53. The van der Waals surface area contributed by atoms with Gasteiger partial charge in [-0.2, -0.15) is 15.5 Å². The molecule has 0 radical (unpaired) electrons. The Balaban J connectivity index is 1.86. The molecular weight excluding hydrogens is 413 g/mol. The summed E-state index contributed by atoms with van der Waals surface area (Å²) in [6, 6.07) is 13.7. The predicted octanol–water partition coefficient (Wildman–Crippen LogP) is 4.37. The predicted molar refractivity (Wildman–Crippen MR) is 111 cm³/mol. The van der Waals surface area contributed by atoms with E-state index in [9.17, 15) is 4.79 Å². The molecule has 0 amide bonds. The Morgan fingerprint density at radius 3 is 2.38 bits per heavy atom. The minimum atomic E-state index is -0.533. The van der Waals surface area contributed by atoms with Gasteiger partial charge >= 0.3 is 5.56 Å². The molecule has 0 atom stereocenters. The quantitative estimate of drug-likeness (QED) is 0.519. The fraction of sp³-hybridized carbons (Fsp3) is 0. The van der Waals surface area contributed by atoms with Crippen molar-refractivity contribution >= 4 is 52.4 Å². The van der Waals surface area contributed by atoms with Gasteiger partial charge in [-0.1, -0.05) is 23.2 Å². The molecule has 3 aromatic rings. The third kappa shape index (κ3) is 4.90. The van der Waals surface area contributed by atoms with Gasteiger partial charge < -0.3 is 10.6 Å². The molecule has 10 heteroatoms. The molecule has 8 nitrogen and oxygen atoms in total. The number of aromatic amines is 1. The van der Waals surface area contributed by atoms with Gasteiger partial charge in [-0.3, -0.25) is 4.79 Å². The van der Waals surface area contributed by atoms with Gasteiger partial charge in [0.05, 0.1) is 33.4 Å². The van der Waals surface area contributed by atoms with E-state index in [1.807, 2.05) is 12.1 Å². The molecule has 0 bridgehead atoms. The van der Waals surface area contributed by atoms with E-state index in [4.69, 9.17) is 33.7 Å². The van der Waals surface area contributed by atoms with Crippen LogP contribution in [0.2, 0.25) is 10.0 Å². The standard InChI is InChI=1S/C19H11Cl2N7O/c20-14-8-12(2-1-7-22)9-15(21)16(14)25-19-26-17(18(29)27-28-19)24-13-5-3-11(10-23)4-6-13/h1-6,8-9H,(H,27,29)(H2,24,25,26,28). The number of rotatable bonds is 5. The number of benzene rings is 2. The molecular formula is C19H11Cl2N7O. The maximum atomic E-state index is 12.0. The topological polar surface area (TPSA) is 130 Å². The maximum absolute atomic E-state index is 12.0. The fourth-order valence-electron chi connectivity index (χ4n) is 2.30. The summed E-state index contributed by atoms with van der Waals surface area (Å²) in [7, 11) is 0. The largest absolute Gasteiger partial charge is 0.335 e. The average Bonchev–Trinajstić information content (AvgIpc) is 2.72. The molecule has 2 aromatic carbocycles. The van der Waals surface area contributed by atoms with Crippen molar-refractivity contribution in [1.29, 1.82) is 10.5 Å². The van der Waals surface area contributed by atoms with E-state index in [1.165, 1.54) is 6.08 Å². The molecule has 0 saturated carbocycles. The van der Waals surface area contributed by atoms with Crippen molar-refractivity contribution in [2.24, 2.45) is 0 Å². The number of nitrogens with zero attached hydrogens (tertiary/aromatic N) is 4. The van der Waals surface area contributed by atoms with Gasteiger partial charge in [-0.25, -0.2) is 5.10 Å². The van der Waals surface area contributed by atoms with Crippen molar-refractivity contribution in [3.63, 3.8) is 0 Å². The normalized spacial score (nSPS) is 10.3. The Morgan fingerprint density at radius 2 is 1.76 bits per heavy atom. The summed E-state index contributed by atoms with van der Waals surface area (Å²) in [5.74, 6) is 0.0536. The number of halogens is 2. The average molecular weight is 424 g/mol. The van der Waals surface area contributed by atoms with Gasteiger partial charge in [0, 0.05) is 11.8 Å². The SMILES string of the molecule is N#CC=Cc1cc(Cl)c(Nc2n[nH]c(=O)c(Nc3ccc(C#N)cc3)n2)c(Cl)c1. The van der Waals surface area contributed by atoms with E-state index in [-0.39, 0.29) is 21.8 Å². The van der Waals surface area contributed by atoms with Crippen molar-refractivity contribution in [3.05, 3.63) is 74.0 Å². The summed E-state index contributed by atoms with van der Waals surface area (Å²) >= 11 is 12.5. The zero-order valence-electron chi connectivity index (χ0n) is 14.6. The smallest absolute Gasteiger partial charge is 0.307 e. The van der Waals surface area contributed by atoms with Crippen molar-refractivity contribution in [1.82, 2.24) is 15.2 Å². The van der Waals surface area contributed by atoms with Crippen molar-refractivity contribution in [2.45, 2.75) is 0 Å². The van der Waals surface area contributed by atoms with Crippen LogP contribution in [-0.4, -0.2) is 15.2 Å². The third-order valence-electron chi connectivity index (χ3n) is 3.62. The molecule has 3 N–H and O–H groups in total. The third-order valence-corrected chi connectivity index (χ3v) is 4.22. The van der Waals surface area contributed by atoms with E-state index >= 15 is 0 Å². The van der Waals surface area contributed by atoms with Crippen LogP contribution in [0.15, 0.2) is 47.3 Å². The first-order chi connectivity index (χ1) is 14.0. The highest BCUT2D eigenvalue weighted by Crippen LogP contribution is 2.33. The second-order valence-corrected chi connectivity index (χ2v) is 6.41. The van der Waals surface area contributed by atoms with Gasteiger partial charge in [-0.05, 0) is 48.0 Å². The first-order valence-corrected chi connectivity index (χ1v) is 8.82. The zero-order valence-corrected chi connectivity index (χ0v) is 16.1. The van der Waals surface area contributed by atoms with Crippen LogP contribution in [0.1, 0.15) is 11.1 Å².